The molecule has 0 bridgehead atoms. The van der Waals surface area contributed by atoms with Gasteiger partial charge in [-0.05, 0) is 12.1 Å². The average molecular weight is 158 g/mol. The first kappa shape index (κ1) is 7.94. The van der Waals surface area contributed by atoms with E-state index < -0.39 is 6.61 Å². The molecular weight excluding hydrogens is 152 g/mol. The van der Waals surface area contributed by atoms with Gasteiger partial charge in [-0.3, -0.25) is 0 Å². The van der Waals surface area contributed by atoms with Crippen molar-refractivity contribution in [3.63, 3.8) is 0 Å². The van der Waals surface area contributed by atoms with E-state index in [9.17, 15) is 8.78 Å². The lowest BCUT2D eigenvalue weighted by molar-refractivity contribution is -0.162. The van der Waals surface area contributed by atoms with Gasteiger partial charge in [0.25, 0.3) is 0 Å². The van der Waals surface area contributed by atoms with E-state index in [4.69, 9.17) is 0 Å². The number of alkyl halides is 2. The molecule has 0 saturated carbocycles. The quantitative estimate of drug-likeness (QED) is 0.617. The van der Waals surface area contributed by atoms with Gasteiger partial charge in [0.15, 0.2) is 0 Å². The van der Waals surface area contributed by atoms with Gasteiger partial charge in [0.1, 0.15) is 0 Å². The van der Waals surface area contributed by atoms with Crippen LogP contribution in [0, 0.1) is 0 Å². The van der Waals surface area contributed by atoms with Crippen molar-refractivity contribution in [2.24, 2.45) is 0 Å². The maximum absolute atomic E-state index is 11.4. The van der Waals surface area contributed by atoms with Gasteiger partial charge in [-0.2, -0.15) is 13.6 Å². The lowest BCUT2D eigenvalue weighted by atomic mass is 10.3. The Balaban J connectivity index is 2.39. The highest BCUT2D eigenvalue weighted by molar-refractivity contribution is 5.33. The summed E-state index contributed by atoms with van der Waals surface area (Å²) in [6.07, 6.45) is 0. The fraction of sp³-hybridized carbons (Fsp3) is 0.143. The molecule has 1 aromatic rings. The standard InChI is InChI=1S/C7H6F2NO/c8-7(9)11-10-6-4-2-1-3-5-6/h1-5,7H. The largest absolute Gasteiger partial charge is 0.367 e. The normalized spacial score (nSPS) is 10.1. The van der Waals surface area contributed by atoms with Crippen molar-refractivity contribution in [3.05, 3.63) is 30.3 Å². The summed E-state index contributed by atoms with van der Waals surface area (Å²) in [7, 11) is 0. The zero-order chi connectivity index (χ0) is 8.10. The van der Waals surface area contributed by atoms with Gasteiger partial charge in [-0.1, -0.05) is 18.2 Å². The van der Waals surface area contributed by atoms with Crippen LogP contribution in [0.5, 0.6) is 0 Å². The molecule has 1 rings (SSSR count). The first-order chi connectivity index (χ1) is 5.29. The van der Waals surface area contributed by atoms with Crippen LogP contribution in [0.4, 0.5) is 14.5 Å². The maximum atomic E-state index is 11.4. The summed E-state index contributed by atoms with van der Waals surface area (Å²) in [5.41, 5.74) is 3.54. The first-order valence-electron chi connectivity index (χ1n) is 2.99. The third-order valence-electron chi connectivity index (χ3n) is 0.994. The highest BCUT2D eigenvalue weighted by Gasteiger charge is 2.02. The monoisotopic (exact) mass is 158 g/mol. The van der Waals surface area contributed by atoms with Crippen molar-refractivity contribution in [2.45, 2.75) is 6.61 Å². The van der Waals surface area contributed by atoms with Crippen LogP contribution in [0.25, 0.3) is 0 Å². The molecule has 0 aliphatic heterocycles. The van der Waals surface area contributed by atoms with E-state index in [0.717, 1.165) is 0 Å². The van der Waals surface area contributed by atoms with E-state index in [1.54, 1.807) is 30.3 Å². The minimum absolute atomic E-state index is 0.382. The van der Waals surface area contributed by atoms with Crippen LogP contribution in [0.15, 0.2) is 30.3 Å². The van der Waals surface area contributed by atoms with E-state index in [0.29, 0.717) is 5.69 Å². The molecule has 0 aliphatic carbocycles. The molecule has 0 unspecified atom stereocenters. The lowest BCUT2D eigenvalue weighted by Gasteiger charge is -1.99. The van der Waals surface area contributed by atoms with Gasteiger partial charge in [-0.15, -0.1) is 5.48 Å². The molecule has 1 aromatic carbocycles. The molecule has 2 nitrogen and oxygen atoms in total. The number of nitrogens with zero attached hydrogens (tertiary/aromatic N) is 1. The second-order valence-electron chi connectivity index (χ2n) is 1.79. The van der Waals surface area contributed by atoms with Crippen molar-refractivity contribution in [1.82, 2.24) is 5.48 Å². The summed E-state index contributed by atoms with van der Waals surface area (Å²) in [6.45, 7) is -2.85. The van der Waals surface area contributed by atoms with Crippen molar-refractivity contribution in [1.29, 1.82) is 0 Å². The second kappa shape index (κ2) is 3.88. The van der Waals surface area contributed by atoms with Gasteiger partial charge in [-0.25, -0.2) is 0 Å². The summed E-state index contributed by atoms with van der Waals surface area (Å²) in [6, 6.07) is 8.29. The van der Waals surface area contributed by atoms with Crippen LogP contribution >= 0.6 is 0 Å². The molecule has 1 radical (unpaired) electrons. The highest BCUT2D eigenvalue weighted by atomic mass is 19.3. The number of hydrogen-bond acceptors (Lipinski definition) is 1. The van der Waals surface area contributed by atoms with E-state index in [-0.39, 0.29) is 0 Å². The number of halogens is 2. The third kappa shape index (κ3) is 2.95. The first-order valence-corrected chi connectivity index (χ1v) is 2.99. The van der Waals surface area contributed by atoms with Crippen molar-refractivity contribution in [2.75, 3.05) is 0 Å². The molecule has 0 aliphatic rings. The third-order valence-corrected chi connectivity index (χ3v) is 0.994. The smallest absolute Gasteiger partial charge is 0.181 e. The summed E-state index contributed by atoms with van der Waals surface area (Å²) >= 11 is 0. The zero-order valence-corrected chi connectivity index (χ0v) is 5.58. The Bertz CT molecular complexity index is 203. The maximum Gasteiger partial charge on any atom is 0.367 e. The average Bonchev–Trinajstić information content (AvgIpc) is 2.03. The molecular formula is C7H6F2NO. The Kier molecular flexibility index (Phi) is 2.80. The molecule has 0 aromatic heterocycles. The van der Waals surface area contributed by atoms with Crippen LogP contribution < -0.4 is 5.48 Å². The predicted octanol–water partition coefficient (Wildman–Crippen LogP) is 2.08. The van der Waals surface area contributed by atoms with Crippen molar-refractivity contribution >= 4 is 5.69 Å². The van der Waals surface area contributed by atoms with E-state index in [2.05, 4.69) is 10.3 Å². The number of hydrogen-bond donors (Lipinski definition) is 0. The fourth-order valence-corrected chi connectivity index (χ4v) is 0.590. The van der Waals surface area contributed by atoms with Gasteiger partial charge >= 0.3 is 6.61 Å². The van der Waals surface area contributed by atoms with Crippen LogP contribution in [-0.2, 0) is 4.84 Å². The van der Waals surface area contributed by atoms with Gasteiger partial charge in [0, 0.05) is 0 Å². The van der Waals surface area contributed by atoms with Crippen molar-refractivity contribution in [3.8, 4) is 0 Å². The molecule has 0 fully saturated rings. The summed E-state index contributed by atoms with van der Waals surface area (Å²) in [5.74, 6) is 0. The molecule has 11 heavy (non-hydrogen) atoms. The molecule has 0 amide bonds. The molecule has 59 valence electrons. The zero-order valence-electron chi connectivity index (χ0n) is 5.58. The van der Waals surface area contributed by atoms with Gasteiger partial charge < -0.3 is 0 Å². The molecule has 4 heteroatoms. The van der Waals surface area contributed by atoms with Gasteiger partial charge in [0.05, 0.1) is 5.69 Å². The Morgan fingerprint density at radius 3 is 2.36 bits per heavy atom. The van der Waals surface area contributed by atoms with Gasteiger partial charge in [0.2, 0.25) is 0 Å². The van der Waals surface area contributed by atoms with Crippen LogP contribution in [-0.4, -0.2) is 6.61 Å². The van der Waals surface area contributed by atoms with E-state index >= 15 is 0 Å². The lowest BCUT2D eigenvalue weighted by Crippen LogP contribution is -2.04. The highest BCUT2D eigenvalue weighted by Crippen LogP contribution is 2.06. The molecule has 0 heterocycles. The topological polar surface area (TPSA) is 23.3 Å². The molecule has 0 atom stereocenters. The molecule has 0 N–H and O–H groups in total. The SMILES string of the molecule is FC(F)O[N]c1ccccc1. The Morgan fingerprint density at radius 2 is 1.82 bits per heavy atom. The van der Waals surface area contributed by atoms with Crippen LogP contribution in [0.1, 0.15) is 0 Å². The second-order valence-corrected chi connectivity index (χ2v) is 1.79. The fourth-order valence-electron chi connectivity index (χ4n) is 0.590. The minimum Gasteiger partial charge on any atom is -0.181 e. The molecule has 0 saturated heterocycles. The Morgan fingerprint density at radius 1 is 1.18 bits per heavy atom. The van der Waals surface area contributed by atoms with E-state index in [1.165, 1.54) is 0 Å². The molecule has 0 spiro atoms. The Hall–Kier alpha value is -1.16. The minimum atomic E-state index is -2.85. The van der Waals surface area contributed by atoms with Crippen LogP contribution in [0.2, 0.25) is 0 Å². The number of rotatable bonds is 3. The summed E-state index contributed by atoms with van der Waals surface area (Å²) in [5, 5.41) is 0. The summed E-state index contributed by atoms with van der Waals surface area (Å²) in [4.78, 5) is 3.72. The van der Waals surface area contributed by atoms with Crippen LogP contribution in [0.3, 0.4) is 0 Å². The number of benzene rings is 1. The predicted molar refractivity (Wildman–Crippen MR) is 35.3 cm³/mol. The Labute approximate surface area is 62.7 Å². The van der Waals surface area contributed by atoms with E-state index in [1.807, 2.05) is 0 Å². The summed E-state index contributed by atoms with van der Waals surface area (Å²) < 4.78 is 22.8. The van der Waals surface area contributed by atoms with Crippen molar-refractivity contribution < 1.29 is 13.6 Å².